The van der Waals surface area contributed by atoms with Crippen LogP contribution in [0.4, 0.5) is 0 Å². The van der Waals surface area contributed by atoms with E-state index in [0.717, 1.165) is 11.0 Å². The van der Waals surface area contributed by atoms with Crippen LogP contribution in [0.2, 0.25) is 0 Å². The molecule has 0 unspecified atom stereocenters. The highest BCUT2D eigenvalue weighted by atomic mass is 16.5. The number of hydrogen-bond acceptors (Lipinski definition) is 3. The first kappa shape index (κ1) is 12.3. The van der Waals surface area contributed by atoms with Gasteiger partial charge in [-0.15, -0.1) is 0 Å². The molecule has 1 aromatic heterocycles. The molecule has 0 spiro atoms. The Hall–Kier alpha value is -1.78. The minimum absolute atomic E-state index is 0.0661. The van der Waals surface area contributed by atoms with Crippen LogP contribution in [0.5, 0.6) is 5.88 Å². The van der Waals surface area contributed by atoms with Crippen LogP contribution in [0.15, 0.2) is 18.3 Å². The van der Waals surface area contributed by atoms with Gasteiger partial charge >= 0.3 is 0 Å². The van der Waals surface area contributed by atoms with Gasteiger partial charge in [-0.1, -0.05) is 11.5 Å². The number of pyridine rings is 1. The van der Waals surface area contributed by atoms with Gasteiger partial charge in [0.05, 0.1) is 7.11 Å². The predicted molar refractivity (Wildman–Crippen MR) is 66.7 cm³/mol. The average Bonchev–Trinajstić information content (AvgIpc) is 2.25. The van der Waals surface area contributed by atoms with Crippen molar-refractivity contribution in [3.8, 4) is 5.88 Å². The normalized spacial score (nSPS) is 10.4. The fourth-order valence-electron chi connectivity index (χ4n) is 1.18. The third-order valence-corrected chi connectivity index (χ3v) is 2.06. The number of ether oxygens (including phenoxy) is 1. The molecule has 0 N–H and O–H groups in total. The zero-order valence-electron chi connectivity index (χ0n) is 10.0. The summed E-state index contributed by atoms with van der Waals surface area (Å²) >= 11 is 0. The summed E-state index contributed by atoms with van der Waals surface area (Å²) in [6, 6.07) is 1.92. The molecule has 5 heteroatoms. The Kier molecular flexibility index (Phi) is 4.11. The second-order valence-corrected chi connectivity index (χ2v) is 3.68. The highest BCUT2D eigenvalue weighted by Gasteiger charge is 2.03. The molecular weight excluding hydrogens is 203 g/mol. The first-order valence-electron chi connectivity index (χ1n) is 4.94. The van der Waals surface area contributed by atoms with Crippen molar-refractivity contribution in [2.24, 2.45) is 0 Å². The van der Waals surface area contributed by atoms with Crippen molar-refractivity contribution in [2.75, 3.05) is 21.2 Å². The molecule has 1 rings (SSSR count). The fraction of sp³-hybridized carbons (Fsp3) is 0.273. The molecular formula is C11H15BN2O2. The third-order valence-electron chi connectivity index (χ3n) is 2.06. The summed E-state index contributed by atoms with van der Waals surface area (Å²) in [7, 11) is 6.91. The number of amides is 1. The maximum atomic E-state index is 11.4. The van der Waals surface area contributed by atoms with Crippen LogP contribution in [0.25, 0.3) is 6.08 Å². The van der Waals surface area contributed by atoms with E-state index in [-0.39, 0.29) is 5.91 Å². The van der Waals surface area contributed by atoms with Crippen molar-refractivity contribution < 1.29 is 9.53 Å². The van der Waals surface area contributed by atoms with Gasteiger partial charge in [-0.05, 0) is 6.08 Å². The molecule has 1 amide bonds. The molecule has 0 aliphatic heterocycles. The fourth-order valence-corrected chi connectivity index (χ4v) is 1.18. The van der Waals surface area contributed by atoms with E-state index in [4.69, 9.17) is 4.74 Å². The summed E-state index contributed by atoms with van der Waals surface area (Å²) in [6.45, 7) is 0. The van der Waals surface area contributed by atoms with Crippen LogP contribution < -0.4 is 10.2 Å². The maximum absolute atomic E-state index is 11.4. The van der Waals surface area contributed by atoms with Gasteiger partial charge in [0.1, 0.15) is 7.85 Å². The van der Waals surface area contributed by atoms with Gasteiger partial charge in [-0.3, -0.25) is 4.79 Å². The van der Waals surface area contributed by atoms with E-state index in [9.17, 15) is 4.79 Å². The smallest absolute Gasteiger partial charge is 0.246 e. The molecule has 0 radical (unpaired) electrons. The summed E-state index contributed by atoms with van der Waals surface area (Å²) in [5.74, 6) is 0.456. The van der Waals surface area contributed by atoms with Crippen LogP contribution in [0.1, 0.15) is 5.56 Å². The molecule has 0 aromatic carbocycles. The van der Waals surface area contributed by atoms with Gasteiger partial charge in [0, 0.05) is 31.9 Å². The summed E-state index contributed by atoms with van der Waals surface area (Å²) in [4.78, 5) is 17.0. The molecule has 1 aromatic rings. The van der Waals surface area contributed by atoms with E-state index >= 15 is 0 Å². The second kappa shape index (κ2) is 5.35. The molecule has 1 heterocycles. The lowest BCUT2D eigenvalue weighted by atomic mass is 9.97. The number of methoxy groups -OCH3 is 1. The topological polar surface area (TPSA) is 42.4 Å². The highest BCUT2D eigenvalue weighted by molar-refractivity contribution is 6.32. The standard InChI is InChI=1S/C11H15BN2O2/c1-14(2)10(15)5-4-8-6-9(12)7-13-11(8)16-3/h4-7H,12H2,1-3H3/b5-4+. The molecule has 0 saturated carbocycles. The van der Waals surface area contributed by atoms with E-state index in [1.54, 1.807) is 33.5 Å². The average molecular weight is 218 g/mol. The molecule has 84 valence electrons. The molecule has 0 aliphatic carbocycles. The maximum Gasteiger partial charge on any atom is 0.246 e. The van der Waals surface area contributed by atoms with E-state index < -0.39 is 0 Å². The summed E-state index contributed by atoms with van der Waals surface area (Å²) in [5.41, 5.74) is 1.83. The first-order valence-corrected chi connectivity index (χ1v) is 4.94. The van der Waals surface area contributed by atoms with E-state index in [1.165, 1.54) is 11.0 Å². The molecule has 4 nitrogen and oxygen atoms in total. The molecule has 0 fully saturated rings. The Bertz CT molecular complexity index is 416. The summed E-state index contributed by atoms with van der Waals surface area (Å²) in [6.07, 6.45) is 4.93. The summed E-state index contributed by atoms with van der Waals surface area (Å²) in [5, 5.41) is 0. The molecule has 16 heavy (non-hydrogen) atoms. The number of hydrogen-bond donors (Lipinski definition) is 0. The van der Waals surface area contributed by atoms with Crippen molar-refractivity contribution in [1.29, 1.82) is 0 Å². The zero-order chi connectivity index (χ0) is 12.1. The molecule has 0 atom stereocenters. The van der Waals surface area contributed by atoms with Crippen molar-refractivity contribution >= 4 is 25.3 Å². The Balaban J connectivity index is 2.95. The van der Waals surface area contributed by atoms with Crippen LogP contribution >= 0.6 is 0 Å². The Morgan fingerprint density at radius 2 is 2.25 bits per heavy atom. The minimum Gasteiger partial charge on any atom is -0.481 e. The lowest BCUT2D eigenvalue weighted by molar-refractivity contribution is -0.123. The number of likely N-dealkylation sites (N-methyl/N-ethyl adjacent to an activating group) is 1. The molecule has 0 aliphatic rings. The van der Waals surface area contributed by atoms with Gasteiger partial charge in [0.25, 0.3) is 0 Å². The van der Waals surface area contributed by atoms with Gasteiger partial charge < -0.3 is 9.64 Å². The van der Waals surface area contributed by atoms with Crippen LogP contribution in [-0.4, -0.2) is 44.8 Å². The highest BCUT2D eigenvalue weighted by Crippen LogP contribution is 2.14. The van der Waals surface area contributed by atoms with Crippen molar-refractivity contribution in [3.05, 3.63) is 23.9 Å². The zero-order valence-corrected chi connectivity index (χ0v) is 10.0. The quantitative estimate of drug-likeness (QED) is 0.505. The monoisotopic (exact) mass is 218 g/mol. The predicted octanol–water partition coefficient (Wildman–Crippen LogP) is -0.550. The SMILES string of the molecule is Bc1cnc(OC)c(/C=C/C(=O)N(C)C)c1. The largest absolute Gasteiger partial charge is 0.481 e. The van der Waals surface area contributed by atoms with E-state index in [1.807, 2.05) is 13.9 Å². The van der Waals surface area contributed by atoms with Gasteiger partial charge in [0.2, 0.25) is 11.8 Å². The lowest BCUT2D eigenvalue weighted by Crippen LogP contribution is -2.18. The van der Waals surface area contributed by atoms with Crippen molar-refractivity contribution in [3.63, 3.8) is 0 Å². The minimum atomic E-state index is -0.0661. The molecule has 0 saturated heterocycles. The van der Waals surface area contributed by atoms with E-state index in [0.29, 0.717) is 5.88 Å². The van der Waals surface area contributed by atoms with E-state index in [2.05, 4.69) is 4.98 Å². The Morgan fingerprint density at radius 3 is 2.81 bits per heavy atom. The number of rotatable bonds is 3. The van der Waals surface area contributed by atoms with Gasteiger partial charge in [-0.25, -0.2) is 4.98 Å². The van der Waals surface area contributed by atoms with Gasteiger partial charge in [0.15, 0.2) is 0 Å². The van der Waals surface area contributed by atoms with Crippen molar-refractivity contribution in [1.82, 2.24) is 9.88 Å². The number of aromatic nitrogens is 1. The number of nitrogens with zero attached hydrogens (tertiary/aromatic N) is 2. The van der Waals surface area contributed by atoms with Crippen LogP contribution in [0.3, 0.4) is 0 Å². The number of carbonyl (C=O) groups excluding carboxylic acids is 1. The molecule has 0 bridgehead atoms. The number of carbonyl (C=O) groups is 1. The van der Waals surface area contributed by atoms with Crippen molar-refractivity contribution in [2.45, 2.75) is 0 Å². The second-order valence-electron chi connectivity index (χ2n) is 3.68. The Labute approximate surface area is 96.3 Å². The summed E-state index contributed by atoms with van der Waals surface area (Å²) < 4.78 is 5.11. The lowest BCUT2D eigenvalue weighted by Gasteiger charge is -2.06. The van der Waals surface area contributed by atoms with Crippen LogP contribution in [0, 0.1) is 0 Å². The first-order chi connectivity index (χ1) is 7.54. The third kappa shape index (κ3) is 3.12. The van der Waals surface area contributed by atoms with Crippen LogP contribution in [-0.2, 0) is 4.79 Å². The Morgan fingerprint density at radius 1 is 1.56 bits per heavy atom. The van der Waals surface area contributed by atoms with Gasteiger partial charge in [-0.2, -0.15) is 0 Å².